The van der Waals surface area contributed by atoms with Gasteiger partial charge in [-0.05, 0) is 53.4 Å². The molecule has 1 spiro atoms. The van der Waals surface area contributed by atoms with Crippen molar-refractivity contribution in [2.45, 2.75) is 46.1 Å². The molecule has 0 heterocycles. The Morgan fingerprint density at radius 2 is 2.00 bits per heavy atom. The fraction of sp³-hybridized carbons (Fsp3) is 0.867. The van der Waals surface area contributed by atoms with Crippen LogP contribution in [0.3, 0.4) is 0 Å². The first-order valence-electron chi connectivity index (χ1n) is 6.76. The molecule has 0 aromatic heterocycles. The molecule has 0 aromatic carbocycles. The number of hydrogen-bond donors (Lipinski definition) is 1. The number of fused-ring (bicyclic) bond motifs is 2. The Labute approximate surface area is 97.9 Å². The summed E-state index contributed by atoms with van der Waals surface area (Å²) in [6.45, 7) is 11.6. The molecule has 4 aliphatic rings. The van der Waals surface area contributed by atoms with Gasteiger partial charge in [0.25, 0.3) is 0 Å². The minimum absolute atomic E-state index is 0.201. The minimum Gasteiger partial charge on any atom is -0.389 e. The third-order valence-electron chi connectivity index (χ3n) is 7.09. The van der Waals surface area contributed by atoms with Crippen molar-refractivity contribution >= 4 is 0 Å². The van der Waals surface area contributed by atoms with Crippen LogP contribution >= 0.6 is 0 Å². The van der Waals surface area contributed by atoms with Gasteiger partial charge in [0.05, 0.1) is 6.10 Å². The molecular weight excluding hydrogens is 196 g/mol. The van der Waals surface area contributed by atoms with Gasteiger partial charge in [-0.2, -0.15) is 0 Å². The zero-order valence-corrected chi connectivity index (χ0v) is 10.6. The highest BCUT2D eigenvalue weighted by Gasteiger charge is 2.89. The molecule has 16 heavy (non-hydrogen) atoms. The highest BCUT2D eigenvalue weighted by Crippen LogP contribution is 2.93. The van der Waals surface area contributed by atoms with Crippen LogP contribution in [0.2, 0.25) is 0 Å². The van der Waals surface area contributed by atoms with E-state index in [4.69, 9.17) is 0 Å². The fourth-order valence-electron chi connectivity index (χ4n) is 6.28. The van der Waals surface area contributed by atoms with Crippen LogP contribution in [0, 0.1) is 34.0 Å². The summed E-state index contributed by atoms with van der Waals surface area (Å²) in [4.78, 5) is 0. The maximum absolute atomic E-state index is 10.1. The van der Waals surface area contributed by atoms with E-state index in [9.17, 15) is 5.11 Å². The van der Waals surface area contributed by atoms with Gasteiger partial charge in [0.1, 0.15) is 0 Å². The van der Waals surface area contributed by atoms with Crippen molar-refractivity contribution in [1.82, 2.24) is 0 Å². The third-order valence-corrected chi connectivity index (χ3v) is 7.09. The summed E-state index contributed by atoms with van der Waals surface area (Å²) < 4.78 is 0. The summed E-state index contributed by atoms with van der Waals surface area (Å²) in [7, 11) is 0. The summed E-state index contributed by atoms with van der Waals surface area (Å²) >= 11 is 0. The predicted octanol–water partition coefficient (Wildman–Crippen LogP) is 3.00. The average molecular weight is 218 g/mol. The van der Waals surface area contributed by atoms with E-state index in [1.54, 1.807) is 0 Å². The predicted molar refractivity (Wildman–Crippen MR) is 63.8 cm³/mol. The molecule has 1 nitrogen and oxygen atoms in total. The average Bonchev–Trinajstić information content (AvgIpc) is 2.91. The van der Waals surface area contributed by atoms with E-state index in [1.807, 2.05) is 0 Å². The molecule has 0 aromatic rings. The van der Waals surface area contributed by atoms with E-state index in [-0.39, 0.29) is 6.10 Å². The van der Waals surface area contributed by atoms with Crippen molar-refractivity contribution in [2.24, 2.45) is 34.0 Å². The summed E-state index contributed by atoms with van der Waals surface area (Å²) in [5, 5.41) is 10.1. The van der Waals surface area contributed by atoms with Crippen molar-refractivity contribution in [3.05, 3.63) is 12.2 Å². The lowest BCUT2D eigenvalue weighted by Gasteiger charge is -2.31. The monoisotopic (exact) mass is 218 g/mol. The lowest BCUT2D eigenvalue weighted by atomic mass is 9.74. The second kappa shape index (κ2) is 2.16. The first-order chi connectivity index (χ1) is 7.38. The Hall–Kier alpha value is -0.300. The highest BCUT2D eigenvalue weighted by atomic mass is 16.3. The smallest absolute Gasteiger partial charge is 0.0756 e. The summed E-state index contributed by atoms with van der Waals surface area (Å²) in [6.07, 6.45) is 3.58. The van der Waals surface area contributed by atoms with Crippen LogP contribution in [0.5, 0.6) is 0 Å². The Kier molecular flexibility index (Phi) is 1.31. The molecule has 4 rings (SSSR count). The Morgan fingerprint density at radius 3 is 2.69 bits per heavy atom. The van der Waals surface area contributed by atoms with Crippen LogP contribution in [0.4, 0.5) is 0 Å². The largest absolute Gasteiger partial charge is 0.389 e. The zero-order chi connectivity index (χ0) is 11.5. The van der Waals surface area contributed by atoms with Gasteiger partial charge in [0.2, 0.25) is 0 Å². The molecule has 0 bridgehead atoms. The van der Waals surface area contributed by atoms with E-state index in [0.717, 1.165) is 24.2 Å². The summed E-state index contributed by atoms with van der Waals surface area (Å²) in [5.74, 6) is 2.49. The SMILES string of the molecule is C=C1C(O)CC2C3(C)CCC4C(C4(C)C)C123. The molecule has 1 heteroatoms. The van der Waals surface area contributed by atoms with Crippen LogP contribution in [0.15, 0.2) is 12.2 Å². The van der Waals surface area contributed by atoms with Gasteiger partial charge in [0, 0.05) is 5.41 Å². The molecule has 88 valence electrons. The number of aliphatic hydroxyl groups excluding tert-OH is 1. The maximum Gasteiger partial charge on any atom is 0.0756 e. The minimum atomic E-state index is -0.201. The number of aliphatic hydroxyl groups is 1. The van der Waals surface area contributed by atoms with E-state index in [1.165, 1.54) is 18.4 Å². The molecule has 0 aliphatic heterocycles. The van der Waals surface area contributed by atoms with Crippen LogP contribution in [-0.2, 0) is 0 Å². The topological polar surface area (TPSA) is 20.2 Å². The maximum atomic E-state index is 10.1. The lowest BCUT2D eigenvalue weighted by Crippen LogP contribution is -2.26. The molecular formula is C15H22O. The quantitative estimate of drug-likeness (QED) is 0.620. The fourth-order valence-corrected chi connectivity index (χ4v) is 6.28. The molecule has 4 aliphatic carbocycles. The van der Waals surface area contributed by atoms with Crippen molar-refractivity contribution in [2.75, 3.05) is 0 Å². The Morgan fingerprint density at radius 1 is 1.31 bits per heavy atom. The second-order valence-corrected chi connectivity index (χ2v) is 7.56. The number of rotatable bonds is 0. The van der Waals surface area contributed by atoms with Crippen molar-refractivity contribution in [3.63, 3.8) is 0 Å². The number of hydrogen-bond acceptors (Lipinski definition) is 1. The highest BCUT2D eigenvalue weighted by molar-refractivity contribution is 5.47. The molecule has 4 fully saturated rings. The summed E-state index contributed by atoms with van der Waals surface area (Å²) in [5.41, 5.74) is 2.55. The third kappa shape index (κ3) is 0.641. The lowest BCUT2D eigenvalue weighted by molar-refractivity contribution is 0.163. The molecule has 0 radical (unpaired) electrons. The molecule has 6 atom stereocenters. The zero-order valence-electron chi connectivity index (χ0n) is 10.6. The molecule has 4 saturated carbocycles. The Balaban J connectivity index is 1.85. The van der Waals surface area contributed by atoms with Crippen LogP contribution in [0.25, 0.3) is 0 Å². The first kappa shape index (κ1) is 9.70. The van der Waals surface area contributed by atoms with E-state index in [0.29, 0.717) is 16.2 Å². The van der Waals surface area contributed by atoms with Crippen molar-refractivity contribution in [1.29, 1.82) is 0 Å². The van der Waals surface area contributed by atoms with Gasteiger partial charge in [0.15, 0.2) is 0 Å². The molecule has 1 N–H and O–H groups in total. The normalized spacial score (nSPS) is 64.6. The molecule has 6 unspecified atom stereocenters. The molecule has 0 saturated heterocycles. The van der Waals surface area contributed by atoms with Crippen LogP contribution in [-0.4, -0.2) is 11.2 Å². The van der Waals surface area contributed by atoms with Gasteiger partial charge in [-0.15, -0.1) is 0 Å². The first-order valence-corrected chi connectivity index (χ1v) is 6.76. The van der Waals surface area contributed by atoms with Crippen molar-refractivity contribution in [3.8, 4) is 0 Å². The van der Waals surface area contributed by atoms with E-state index in [2.05, 4.69) is 27.4 Å². The van der Waals surface area contributed by atoms with Gasteiger partial charge in [-0.3, -0.25) is 0 Å². The van der Waals surface area contributed by atoms with Crippen LogP contribution in [0.1, 0.15) is 40.0 Å². The van der Waals surface area contributed by atoms with E-state index >= 15 is 0 Å². The van der Waals surface area contributed by atoms with Crippen molar-refractivity contribution < 1.29 is 5.11 Å². The van der Waals surface area contributed by atoms with E-state index < -0.39 is 0 Å². The summed E-state index contributed by atoms with van der Waals surface area (Å²) in [6, 6.07) is 0. The van der Waals surface area contributed by atoms with Crippen LogP contribution < -0.4 is 0 Å². The van der Waals surface area contributed by atoms with Gasteiger partial charge >= 0.3 is 0 Å². The molecule has 0 amide bonds. The van der Waals surface area contributed by atoms with Gasteiger partial charge in [-0.1, -0.05) is 27.4 Å². The second-order valence-electron chi connectivity index (χ2n) is 7.56. The Bertz CT molecular complexity index is 410. The van der Waals surface area contributed by atoms with Gasteiger partial charge < -0.3 is 5.11 Å². The standard InChI is InChI=1S/C15H22O/c1-8-10(16)7-11-14(4)6-5-9-12(13(9,2)3)15(8,11)14/h9-12,16H,1,5-7H2,2-4H3. The van der Waals surface area contributed by atoms with Gasteiger partial charge in [-0.25, -0.2) is 0 Å².